The maximum atomic E-state index is 12.5. The number of rotatable bonds is 3. The Kier molecular flexibility index (Phi) is 2.85. The van der Waals surface area contributed by atoms with Crippen molar-refractivity contribution in [2.75, 3.05) is 13.7 Å². The highest BCUT2D eigenvalue weighted by Gasteiger charge is 2.50. The summed E-state index contributed by atoms with van der Waals surface area (Å²) < 4.78 is 29.4. The van der Waals surface area contributed by atoms with Crippen LogP contribution in [0.15, 0.2) is 0 Å². The molecule has 5 heteroatoms. The zero-order valence-electron chi connectivity index (χ0n) is 7.43. The van der Waals surface area contributed by atoms with Crippen molar-refractivity contribution in [1.29, 1.82) is 0 Å². The van der Waals surface area contributed by atoms with Crippen LogP contribution in [0, 0.1) is 11.8 Å². The van der Waals surface area contributed by atoms with Crippen molar-refractivity contribution in [2.45, 2.75) is 18.8 Å². The van der Waals surface area contributed by atoms with Gasteiger partial charge in [-0.25, -0.2) is 8.78 Å². The molecule has 0 saturated heterocycles. The number of carbonyl (C=O) groups is 1. The van der Waals surface area contributed by atoms with E-state index in [1.165, 1.54) is 7.11 Å². The van der Waals surface area contributed by atoms with Crippen LogP contribution in [0.4, 0.5) is 8.78 Å². The van der Waals surface area contributed by atoms with Gasteiger partial charge in [0, 0.05) is 19.4 Å². The Morgan fingerprint density at radius 1 is 1.69 bits per heavy atom. The number of hydrogen-bond acceptors (Lipinski definition) is 3. The third-order valence-electron chi connectivity index (χ3n) is 2.45. The van der Waals surface area contributed by atoms with Crippen molar-refractivity contribution in [1.82, 2.24) is 0 Å². The Morgan fingerprint density at radius 3 is 2.54 bits per heavy atom. The highest BCUT2D eigenvalue weighted by Crippen LogP contribution is 2.46. The highest BCUT2D eigenvalue weighted by atomic mass is 19.3. The normalized spacial score (nSPS) is 23.4. The lowest BCUT2D eigenvalue weighted by Crippen LogP contribution is -2.45. The summed E-state index contributed by atoms with van der Waals surface area (Å²) in [5, 5.41) is 0. The molecular formula is C8H13F2NO2. The zero-order valence-corrected chi connectivity index (χ0v) is 7.43. The molecule has 0 bridgehead atoms. The van der Waals surface area contributed by atoms with E-state index in [1.807, 2.05) is 0 Å². The largest absolute Gasteiger partial charge is 0.469 e. The Labute approximate surface area is 75.2 Å². The van der Waals surface area contributed by atoms with E-state index in [0.717, 1.165) is 0 Å². The summed E-state index contributed by atoms with van der Waals surface area (Å²) in [6, 6.07) is 0. The number of halogens is 2. The molecule has 2 N–H and O–H groups in total. The molecule has 1 atom stereocenters. The van der Waals surface area contributed by atoms with Gasteiger partial charge >= 0.3 is 5.97 Å². The van der Waals surface area contributed by atoms with Gasteiger partial charge in [-0.1, -0.05) is 0 Å². The van der Waals surface area contributed by atoms with E-state index in [-0.39, 0.29) is 25.3 Å². The van der Waals surface area contributed by atoms with Gasteiger partial charge in [-0.15, -0.1) is 0 Å². The van der Waals surface area contributed by atoms with E-state index in [0.29, 0.717) is 0 Å². The highest BCUT2D eigenvalue weighted by molar-refractivity contribution is 5.73. The lowest BCUT2D eigenvalue weighted by atomic mass is 9.73. The van der Waals surface area contributed by atoms with Crippen LogP contribution < -0.4 is 5.73 Å². The summed E-state index contributed by atoms with van der Waals surface area (Å²) in [5.74, 6) is -3.97. The minimum atomic E-state index is -2.61. The maximum absolute atomic E-state index is 12.5. The monoisotopic (exact) mass is 193 g/mol. The molecule has 0 aromatic rings. The molecule has 0 spiro atoms. The molecule has 13 heavy (non-hydrogen) atoms. The predicted octanol–water partition coefficient (Wildman–Crippen LogP) is 0.780. The molecular weight excluding hydrogens is 180 g/mol. The number of nitrogens with two attached hydrogens (primary N) is 1. The topological polar surface area (TPSA) is 52.3 Å². The first kappa shape index (κ1) is 10.4. The van der Waals surface area contributed by atoms with Crippen LogP contribution in [0.25, 0.3) is 0 Å². The van der Waals surface area contributed by atoms with Crippen LogP contribution in [-0.4, -0.2) is 25.5 Å². The fourth-order valence-electron chi connectivity index (χ4n) is 1.62. The molecule has 1 saturated carbocycles. The minimum absolute atomic E-state index is 0.0768. The van der Waals surface area contributed by atoms with E-state index >= 15 is 0 Å². The molecule has 1 rings (SSSR count). The SMILES string of the molecule is COC(=O)C(CN)C1CC(F)(F)C1. The number of esters is 1. The van der Waals surface area contributed by atoms with Gasteiger partial charge in [-0.05, 0) is 5.92 Å². The second-order valence-electron chi connectivity index (χ2n) is 3.39. The van der Waals surface area contributed by atoms with Gasteiger partial charge in [0.05, 0.1) is 13.0 Å². The maximum Gasteiger partial charge on any atom is 0.310 e. The Hall–Kier alpha value is -0.710. The van der Waals surface area contributed by atoms with Crippen LogP contribution >= 0.6 is 0 Å². The van der Waals surface area contributed by atoms with Crippen molar-refractivity contribution in [3.8, 4) is 0 Å². The van der Waals surface area contributed by atoms with Gasteiger partial charge in [0.25, 0.3) is 0 Å². The van der Waals surface area contributed by atoms with Gasteiger partial charge in [0.2, 0.25) is 5.92 Å². The second-order valence-corrected chi connectivity index (χ2v) is 3.39. The molecule has 3 nitrogen and oxygen atoms in total. The van der Waals surface area contributed by atoms with Gasteiger partial charge in [0.1, 0.15) is 0 Å². The molecule has 1 aliphatic carbocycles. The molecule has 1 aliphatic rings. The first-order chi connectivity index (χ1) is 6.00. The van der Waals surface area contributed by atoms with Crippen LogP contribution in [0.3, 0.4) is 0 Å². The van der Waals surface area contributed by atoms with Crippen LogP contribution in [0.5, 0.6) is 0 Å². The number of hydrogen-bond donors (Lipinski definition) is 1. The Bertz CT molecular complexity index is 200. The summed E-state index contributed by atoms with van der Waals surface area (Å²) >= 11 is 0. The van der Waals surface area contributed by atoms with Crippen LogP contribution in [0.1, 0.15) is 12.8 Å². The number of carbonyl (C=O) groups excluding carboxylic acids is 1. The van der Waals surface area contributed by atoms with Crippen molar-refractivity contribution in [3.63, 3.8) is 0 Å². The molecule has 0 aromatic heterocycles. The number of alkyl halides is 2. The summed E-state index contributed by atoms with van der Waals surface area (Å²) in [4.78, 5) is 11.0. The van der Waals surface area contributed by atoms with Crippen LogP contribution in [-0.2, 0) is 9.53 Å². The molecule has 1 fully saturated rings. The predicted molar refractivity (Wildman–Crippen MR) is 42.2 cm³/mol. The lowest BCUT2D eigenvalue weighted by molar-refractivity contribution is -0.161. The number of ether oxygens (including phenoxy) is 1. The average molecular weight is 193 g/mol. The van der Waals surface area contributed by atoms with Gasteiger partial charge in [-0.3, -0.25) is 4.79 Å². The zero-order chi connectivity index (χ0) is 10.1. The van der Waals surface area contributed by atoms with E-state index in [4.69, 9.17) is 5.73 Å². The molecule has 0 aromatic carbocycles. The fourth-order valence-corrected chi connectivity index (χ4v) is 1.62. The smallest absolute Gasteiger partial charge is 0.310 e. The Morgan fingerprint density at radius 2 is 2.23 bits per heavy atom. The first-order valence-corrected chi connectivity index (χ1v) is 4.16. The lowest BCUT2D eigenvalue weighted by Gasteiger charge is -2.38. The quantitative estimate of drug-likeness (QED) is 0.674. The summed E-state index contributed by atoms with van der Waals surface area (Å²) in [5.41, 5.74) is 5.30. The molecule has 0 aliphatic heterocycles. The van der Waals surface area contributed by atoms with Crippen molar-refractivity contribution < 1.29 is 18.3 Å². The summed E-state index contributed by atoms with van der Waals surface area (Å²) in [6.07, 6.45) is -0.492. The number of methoxy groups -OCH3 is 1. The van der Waals surface area contributed by atoms with Gasteiger partial charge in [0.15, 0.2) is 0 Å². The average Bonchev–Trinajstić information content (AvgIpc) is 2.02. The molecule has 0 heterocycles. The minimum Gasteiger partial charge on any atom is -0.469 e. The fraction of sp³-hybridized carbons (Fsp3) is 0.875. The second kappa shape index (κ2) is 3.57. The third kappa shape index (κ3) is 2.15. The van der Waals surface area contributed by atoms with Gasteiger partial charge in [-0.2, -0.15) is 0 Å². The van der Waals surface area contributed by atoms with E-state index in [1.54, 1.807) is 0 Å². The molecule has 0 radical (unpaired) electrons. The molecule has 76 valence electrons. The Balaban J connectivity index is 2.46. The van der Waals surface area contributed by atoms with Crippen molar-refractivity contribution in [2.24, 2.45) is 17.6 Å². The van der Waals surface area contributed by atoms with Crippen molar-refractivity contribution >= 4 is 5.97 Å². The van der Waals surface area contributed by atoms with E-state index < -0.39 is 17.8 Å². The van der Waals surface area contributed by atoms with E-state index in [2.05, 4.69) is 4.74 Å². The first-order valence-electron chi connectivity index (χ1n) is 4.16. The molecule has 1 unspecified atom stereocenters. The van der Waals surface area contributed by atoms with Gasteiger partial charge < -0.3 is 10.5 Å². The summed E-state index contributed by atoms with van der Waals surface area (Å²) in [6.45, 7) is 0.0768. The van der Waals surface area contributed by atoms with E-state index in [9.17, 15) is 13.6 Å². The standard InChI is InChI=1S/C8H13F2NO2/c1-13-7(12)6(4-11)5-2-8(9,10)3-5/h5-6H,2-4,11H2,1H3. The molecule has 0 amide bonds. The third-order valence-corrected chi connectivity index (χ3v) is 2.45. The summed E-state index contributed by atoms with van der Waals surface area (Å²) in [7, 11) is 1.24. The van der Waals surface area contributed by atoms with Crippen LogP contribution in [0.2, 0.25) is 0 Å². The van der Waals surface area contributed by atoms with Crippen molar-refractivity contribution in [3.05, 3.63) is 0 Å².